The lowest BCUT2D eigenvalue weighted by molar-refractivity contribution is -0.302. The molecule has 16 heavy (non-hydrogen) atoms. The van der Waals surface area contributed by atoms with Crippen LogP contribution in [0, 0.1) is 0 Å². The van der Waals surface area contributed by atoms with Crippen molar-refractivity contribution in [2.24, 2.45) is 0 Å². The molecule has 0 aromatic rings. The van der Waals surface area contributed by atoms with Crippen LogP contribution < -0.4 is 0 Å². The fraction of sp³-hybridized carbons (Fsp3) is 1.00. The van der Waals surface area contributed by atoms with Gasteiger partial charge in [-0.1, -0.05) is 0 Å². The molecule has 1 rings (SSSR count). The van der Waals surface area contributed by atoms with Gasteiger partial charge in [0.25, 0.3) is 0 Å². The van der Waals surface area contributed by atoms with Gasteiger partial charge in [-0.15, -0.1) is 0 Å². The highest BCUT2D eigenvalue weighted by atomic mass is 16.7. The SMILES string of the molecule is COC[C@H]1OC(OC)[C@H](O)[C@@H](OC)[C@H]1OC. The molecule has 0 saturated carbocycles. The van der Waals surface area contributed by atoms with E-state index in [4.69, 9.17) is 23.7 Å². The summed E-state index contributed by atoms with van der Waals surface area (Å²) in [5.74, 6) is 0. The van der Waals surface area contributed by atoms with E-state index in [0.717, 1.165) is 0 Å². The van der Waals surface area contributed by atoms with Crippen LogP contribution in [-0.2, 0) is 23.7 Å². The maximum Gasteiger partial charge on any atom is 0.186 e. The van der Waals surface area contributed by atoms with Gasteiger partial charge in [0.2, 0.25) is 0 Å². The van der Waals surface area contributed by atoms with Gasteiger partial charge in [-0.25, -0.2) is 0 Å². The second kappa shape index (κ2) is 6.48. The smallest absolute Gasteiger partial charge is 0.186 e. The van der Waals surface area contributed by atoms with Crippen molar-refractivity contribution in [3.63, 3.8) is 0 Å². The molecule has 96 valence electrons. The van der Waals surface area contributed by atoms with Crippen LogP contribution >= 0.6 is 0 Å². The molecule has 0 bridgehead atoms. The largest absolute Gasteiger partial charge is 0.385 e. The quantitative estimate of drug-likeness (QED) is 0.687. The summed E-state index contributed by atoms with van der Waals surface area (Å²) < 4.78 is 26.1. The summed E-state index contributed by atoms with van der Waals surface area (Å²) in [6, 6.07) is 0. The van der Waals surface area contributed by atoms with Crippen molar-refractivity contribution < 1.29 is 28.8 Å². The van der Waals surface area contributed by atoms with Crippen molar-refractivity contribution in [3.8, 4) is 0 Å². The van der Waals surface area contributed by atoms with Crippen LogP contribution in [0.3, 0.4) is 0 Å². The Morgan fingerprint density at radius 2 is 1.62 bits per heavy atom. The first kappa shape index (κ1) is 13.8. The lowest BCUT2D eigenvalue weighted by atomic mass is 9.99. The molecule has 1 fully saturated rings. The lowest BCUT2D eigenvalue weighted by Crippen LogP contribution is -2.60. The summed E-state index contributed by atoms with van der Waals surface area (Å²) in [6.07, 6.45) is -2.81. The zero-order chi connectivity index (χ0) is 12.1. The van der Waals surface area contributed by atoms with E-state index in [9.17, 15) is 5.11 Å². The fourth-order valence-electron chi connectivity index (χ4n) is 1.94. The van der Waals surface area contributed by atoms with Gasteiger partial charge in [-0.05, 0) is 0 Å². The van der Waals surface area contributed by atoms with E-state index in [1.807, 2.05) is 0 Å². The summed E-state index contributed by atoms with van der Waals surface area (Å²) >= 11 is 0. The first-order chi connectivity index (χ1) is 7.69. The van der Waals surface area contributed by atoms with E-state index in [1.54, 1.807) is 14.2 Å². The Balaban J connectivity index is 2.77. The van der Waals surface area contributed by atoms with Gasteiger partial charge < -0.3 is 28.8 Å². The van der Waals surface area contributed by atoms with Crippen molar-refractivity contribution in [1.82, 2.24) is 0 Å². The number of aliphatic hydroxyl groups is 1. The second-order valence-corrected chi connectivity index (χ2v) is 3.63. The predicted octanol–water partition coefficient (Wildman–Crippen LogP) is -0.605. The predicted molar refractivity (Wildman–Crippen MR) is 55.1 cm³/mol. The van der Waals surface area contributed by atoms with E-state index < -0.39 is 18.5 Å². The van der Waals surface area contributed by atoms with Crippen molar-refractivity contribution in [2.75, 3.05) is 35.0 Å². The van der Waals surface area contributed by atoms with Crippen molar-refractivity contribution >= 4 is 0 Å². The minimum absolute atomic E-state index is 0.326. The average Bonchev–Trinajstić information content (AvgIpc) is 2.30. The Labute approximate surface area is 95.4 Å². The standard InChI is InChI=1S/C10H20O6/c1-12-5-6-8(13-2)9(14-3)7(11)10(15-4)16-6/h6-11H,5H2,1-4H3/t6-,7-,8+,9-,10?/m1/s1. The normalized spacial score (nSPS) is 39.9. The molecule has 6 heteroatoms. The first-order valence-electron chi connectivity index (χ1n) is 5.10. The Morgan fingerprint density at radius 1 is 1.00 bits per heavy atom. The Hall–Kier alpha value is -0.240. The van der Waals surface area contributed by atoms with Gasteiger partial charge in [-0.2, -0.15) is 0 Å². The van der Waals surface area contributed by atoms with E-state index in [2.05, 4.69) is 0 Å². The number of methoxy groups -OCH3 is 4. The topological polar surface area (TPSA) is 66.4 Å². The molecule has 0 aromatic carbocycles. The Kier molecular flexibility index (Phi) is 5.60. The molecule has 1 aliphatic heterocycles. The van der Waals surface area contributed by atoms with E-state index >= 15 is 0 Å². The van der Waals surface area contributed by atoms with Gasteiger partial charge in [-0.3, -0.25) is 0 Å². The third-order valence-electron chi connectivity index (χ3n) is 2.72. The zero-order valence-electron chi connectivity index (χ0n) is 10.1. The minimum Gasteiger partial charge on any atom is -0.385 e. The van der Waals surface area contributed by atoms with E-state index in [-0.39, 0.29) is 12.2 Å². The number of aliphatic hydroxyl groups excluding tert-OH is 1. The average molecular weight is 236 g/mol. The molecule has 1 saturated heterocycles. The minimum atomic E-state index is -0.881. The summed E-state index contributed by atoms with van der Waals surface area (Å²) in [5.41, 5.74) is 0. The molecule has 6 nitrogen and oxygen atoms in total. The Morgan fingerprint density at radius 3 is 2.06 bits per heavy atom. The number of rotatable bonds is 5. The van der Waals surface area contributed by atoms with E-state index in [0.29, 0.717) is 6.61 Å². The molecular weight excluding hydrogens is 216 g/mol. The summed E-state index contributed by atoms with van der Waals surface area (Å²) in [4.78, 5) is 0. The third-order valence-corrected chi connectivity index (χ3v) is 2.72. The van der Waals surface area contributed by atoms with Gasteiger partial charge in [0.15, 0.2) is 6.29 Å². The van der Waals surface area contributed by atoms with Gasteiger partial charge in [0.05, 0.1) is 6.61 Å². The molecule has 0 aromatic heterocycles. The highest BCUT2D eigenvalue weighted by molar-refractivity contribution is 4.91. The fourth-order valence-corrected chi connectivity index (χ4v) is 1.94. The van der Waals surface area contributed by atoms with E-state index in [1.165, 1.54) is 14.2 Å². The highest BCUT2D eigenvalue weighted by Crippen LogP contribution is 2.25. The van der Waals surface area contributed by atoms with Crippen LogP contribution in [0.2, 0.25) is 0 Å². The van der Waals surface area contributed by atoms with Gasteiger partial charge in [0.1, 0.15) is 24.4 Å². The molecule has 1 N–H and O–H groups in total. The molecule has 0 radical (unpaired) electrons. The molecule has 5 atom stereocenters. The lowest BCUT2D eigenvalue weighted by Gasteiger charge is -2.42. The van der Waals surface area contributed by atoms with Crippen LogP contribution in [-0.4, -0.2) is 70.9 Å². The molecular formula is C10H20O6. The summed E-state index contributed by atoms with van der Waals surface area (Å²) in [5, 5.41) is 9.92. The summed E-state index contributed by atoms with van der Waals surface area (Å²) in [7, 11) is 6.10. The molecule has 1 aliphatic rings. The van der Waals surface area contributed by atoms with Crippen LogP contribution in [0.4, 0.5) is 0 Å². The van der Waals surface area contributed by atoms with Crippen LogP contribution in [0.15, 0.2) is 0 Å². The molecule has 0 aliphatic carbocycles. The second-order valence-electron chi connectivity index (χ2n) is 3.63. The molecule has 1 heterocycles. The number of ether oxygens (including phenoxy) is 5. The van der Waals surface area contributed by atoms with Crippen LogP contribution in [0.1, 0.15) is 0 Å². The van der Waals surface area contributed by atoms with Crippen molar-refractivity contribution in [3.05, 3.63) is 0 Å². The zero-order valence-corrected chi connectivity index (χ0v) is 10.1. The maximum absolute atomic E-state index is 9.92. The molecule has 0 amide bonds. The van der Waals surface area contributed by atoms with Crippen LogP contribution in [0.5, 0.6) is 0 Å². The Bertz CT molecular complexity index is 196. The third kappa shape index (κ3) is 2.71. The highest BCUT2D eigenvalue weighted by Gasteiger charge is 2.46. The van der Waals surface area contributed by atoms with Crippen LogP contribution in [0.25, 0.3) is 0 Å². The first-order valence-corrected chi connectivity index (χ1v) is 5.10. The molecule has 1 unspecified atom stereocenters. The number of hydrogen-bond donors (Lipinski definition) is 1. The summed E-state index contributed by atoms with van der Waals surface area (Å²) in [6.45, 7) is 0.352. The van der Waals surface area contributed by atoms with Crippen molar-refractivity contribution in [2.45, 2.75) is 30.7 Å². The van der Waals surface area contributed by atoms with Crippen molar-refractivity contribution in [1.29, 1.82) is 0 Å². The monoisotopic (exact) mass is 236 g/mol. The number of hydrogen-bond acceptors (Lipinski definition) is 6. The van der Waals surface area contributed by atoms with Gasteiger partial charge >= 0.3 is 0 Å². The van der Waals surface area contributed by atoms with Gasteiger partial charge in [0, 0.05) is 28.4 Å². The molecule has 0 spiro atoms. The maximum atomic E-state index is 9.92.